The molecule has 5 aromatic carbocycles. The summed E-state index contributed by atoms with van der Waals surface area (Å²) in [5.74, 6) is 0. The summed E-state index contributed by atoms with van der Waals surface area (Å²) in [7, 11) is 0. The largest absolute Gasteiger partial charge is 0.375 e. The van der Waals surface area contributed by atoms with Gasteiger partial charge in [0.2, 0.25) is 0 Å². The number of hydrogen-bond donors (Lipinski definition) is 0. The summed E-state index contributed by atoms with van der Waals surface area (Å²) in [6, 6.07) is 51.9. The van der Waals surface area contributed by atoms with E-state index in [2.05, 4.69) is 120 Å². The van der Waals surface area contributed by atoms with Crippen molar-refractivity contribution in [3.05, 3.63) is 179 Å². The molecule has 4 atom stereocenters. The van der Waals surface area contributed by atoms with Crippen molar-refractivity contribution in [3.8, 4) is 0 Å². The van der Waals surface area contributed by atoms with Crippen LogP contribution < -0.4 is 0 Å². The first kappa shape index (κ1) is 31.9. The van der Waals surface area contributed by atoms with Crippen LogP contribution >= 0.6 is 0 Å². The molecule has 0 aromatic heterocycles. The monoisotopic (exact) mass is 613 g/mol. The van der Waals surface area contributed by atoms with Gasteiger partial charge in [-0.05, 0) is 27.8 Å². The van der Waals surface area contributed by atoms with Crippen molar-refractivity contribution in [2.75, 3.05) is 13.2 Å². The summed E-state index contributed by atoms with van der Waals surface area (Å²) in [6.45, 7) is 3.90. The molecule has 1 saturated heterocycles. The minimum absolute atomic E-state index is 0.0648. The van der Waals surface area contributed by atoms with Crippen LogP contribution in [0.2, 0.25) is 0 Å². The molecular formula is C41H43NO4. The van der Waals surface area contributed by atoms with Crippen LogP contribution in [0.5, 0.6) is 0 Å². The lowest BCUT2D eigenvalue weighted by molar-refractivity contribution is -0.212. The fourth-order valence-electron chi connectivity index (χ4n) is 6.05. The van der Waals surface area contributed by atoms with Gasteiger partial charge in [0.05, 0.1) is 45.2 Å². The van der Waals surface area contributed by atoms with Crippen molar-refractivity contribution < 1.29 is 18.9 Å². The van der Waals surface area contributed by atoms with Gasteiger partial charge in [-0.1, -0.05) is 152 Å². The molecule has 0 N–H and O–H groups in total. The van der Waals surface area contributed by atoms with E-state index < -0.39 is 0 Å². The van der Waals surface area contributed by atoms with Gasteiger partial charge in [0.1, 0.15) is 12.2 Å². The Morgan fingerprint density at radius 1 is 0.435 bits per heavy atom. The second-order valence-corrected chi connectivity index (χ2v) is 11.8. The first-order chi connectivity index (χ1) is 22.8. The number of nitrogens with zero attached hydrogens (tertiary/aromatic N) is 1. The van der Waals surface area contributed by atoms with Crippen LogP contribution in [0.1, 0.15) is 27.8 Å². The Balaban J connectivity index is 1.31. The molecule has 6 rings (SSSR count). The van der Waals surface area contributed by atoms with Gasteiger partial charge in [-0.25, -0.2) is 0 Å². The van der Waals surface area contributed by atoms with Gasteiger partial charge in [-0.3, -0.25) is 4.90 Å². The van der Waals surface area contributed by atoms with Crippen molar-refractivity contribution in [1.29, 1.82) is 0 Å². The number of rotatable bonds is 15. The molecular weight excluding hydrogens is 570 g/mol. The van der Waals surface area contributed by atoms with E-state index >= 15 is 0 Å². The summed E-state index contributed by atoms with van der Waals surface area (Å²) >= 11 is 0. The van der Waals surface area contributed by atoms with Crippen LogP contribution in [0.15, 0.2) is 152 Å². The van der Waals surface area contributed by atoms with Crippen LogP contribution in [0, 0.1) is 0 Å². The average molecular weight is 614 g/mol. The fourth-order valence-corrected chi connectivity index (χ4v) is 6.05. The molecule has 236 valence electrons. The summed E-state index contributed by atoms with van der Waals surface area (Å²) in [5.41, 5.74) is 5.76. The van der Waals surface area contributed by atoms with Crippen LogP contribution in [-0.4, -0.2) is 42.4 Å². The van der Waals surface area contributed by atoms with Gasteiger partial charge in [0, 0.05) is 13.1 Å². The smallest absolute Gasteiger partial charge is 0.113 e. The van der Waals surface area contributed by atoms with Crippen LogP contribution in [-0.2, 0) is 51.9 Å². The highest BCUT2D eigenvalue weighted by atomic mass is 16.6. The molecule has 1 aliphatic rings. The van der Waals surface area contributed by atoms with Gasteiger partial charge >= 0.3 is 0 Å². The van der Waals surface area contributed by atoms with E-state index in [1.54, 1.807) is 0 Å². The van der Waals surface area contributed by atoms with Crippen molar-refractivity contribution >= 4 is 0 Å². The Labute approximate surface area is 273 Å². The molecule has 46 heavy (non-hydrogen) atoms. The Kier molecular flexibility index (Phi) is 11.8. The Bertz CT molecular complexity index is 1530. The van der Waals surface area contributed by atoms with E-state index in [1.807, 2.05) is 36.4 Å². The Morgan fingerprint density at radius 2 is 0.826 bits per heavy atom. The molecule has 0 amide bonds. The first-order valence-electron chi connectivity index (χ1n) is 16.2. The SMILES string of the molecule is c1ccc(COC[C@H]2[C@@H](OCc3ccccc3)[C@H](OCc3ccccc3)[C@H](OCc3ccccc3)CN2Cc2ccccc2)cc1. The van der Waals surface area contributed by atoms with Gasteiger partial charge in [-0.15, -0.1) is 0 Å². The summed E-state index contributed by atoms with van der Waals surface area (Å²) < 4.78 is 27.0. The Morgan fingerprint density at radius 3 is 1.30 bits per heavy atom. The molecule has 0 radical (unpaired) electrons. The Hall–Kier alpha value is -4.10. The highest BCUT2D eigenvalue weighted by Crippen LogP contribution is 2.30. The lowest BCUT2D eigenvalue weighted by Gasteiger charge is -2.48. The van der Waals surface area contributed by atoms with E-state index in [0.29, 0.717) is 39.6 Å². The van der Waals surface area contributed by atoms with Crippen LogP contribution in [0.25, 0.3) is 0 Å². The third kappa shape index (κ3) is 9.23. The lowest BCUT2D eigenvalue weighted by Crippen LogP contribution is -2.64. The van der Waals surface area contributed by atoms with E-state index in [-0.39, 0.29) is 24.4 Å². The molecule has 5 nitrogen and oxygen atoms in total. The van der Waals surface area contributed by atoms with Crippen LogP contribution in [0.3, 0.4) is 0 Å². The van der Waals surface area contributed by atoms with E-state index in [0.717, 1.165) is 28.8 Å². The molecule has 5 heteroatoms. The minimum Gasteiger partial charge on any atom is -0.375 e. The number of piperidine rings is 1. The molecule has 0 bridgehead atoms. The fraction of sp³-hybridized carbons (Fsp3) is 0.268. The van der Waals surface area contributed by atoms with Crippen molar-refractivity contribution in [1.82, 2.24) is 4.90 Å². The standard InChI is InChI=1S/C41H43NO4/c1-6-16-33(17-7-1)26-42-27-39(44-29-35-20-10-3-11-21-35)41(46-31-37-24-14-5-15-25-37)40(45-30-36-22-12-4-13-23-36)38(42)32-43-28-34-18-8-2-9-19-34/h1-25,38-41H,26-32H2/t38-,39+,40+,41+/m0/s1. The van der Waals surface area contributed by atoms with Crippen LogP contribution in [0.4, 0.5) is 0 Å². The predicted octanol–water partition coefficient (Wildman–Crippen LogP) is 7.84. The lowest BCUT2D eigenvalue weighted by atomic mass is 9.92. The van der Waals surface area contributed by atoms with E-state index in [4.69, 9.17) is 18.9 Å². The molecule has 0 saturated carbocycles. The van der Waals surface area contributed by atoms with Gasteiger partial charge in [-0.2, -0.15) is 0 Å². The predicted molar refractivity (Wildman–Crippen MR) is 182 cm³/mol. The van der Waals surface area contributed by atoms with Crippen molar-refractivity contribution in [3.63, 3.8) is 0 Å². The highest BCUT2D eigenvalue weighted by Gasteiger charge is 2.46. The second-order valence-electron chi connectivity index (χ2n) is 11.8. The number of likely N-dealkylation sites (tertiary alicyclic amines) is 1. The zero-order valence-electron chi connectivity index (χ0n) is 26.3. The number of ether oxygens (including phenoxy) is 4. The van der Waals surface area contributed by atoms with E-state index in [1.165, 1.54) is 5.56 Å². The number of benzene rings is 5. The molecule has 1 fully saturated rings. The molecule has 5 aromatic rings. The third-order valence-electron chi connectivity index (χ3n) is 8.46. The maximum absolute atomic E-state index is 6.91. The topological polar surface area (TPSA) is 40.2 Å². The number of hydrogen-bond acceptors (Lipinski definition) is 5. The quantitative estimate of drug-likeness (QED) is 0.120. The highest BCUT2D eigenvalue weighted by molar-refractivity contribution is 5.18. The average Bonchev–Trinajstić information content (AvgIpc) is 3.12. The van der Waals surface area contributed by atoms with Gasteiger partial charge in [0.25, 0.3) is 0 Å². The second kappa shape index (κ2) is 17.0. The van der Waals surface area contributed by atoms with E-state index in [9.17, 15) is 0 Å². The maximum atomic E-state index is 6.91. The zero-order valence-corrected chi connectivity index (χ0v) is 26.3. The normalized spacial score (nSPS) is 20.0. The molecule has 1 heterocycles. The van der Waals surface area contributed by atoms with Gasteiger partial charge < -0.3 is 18.9 Å². The zero-order chi connectivity index (χ0) is 31.2. The van der Waals surface area contributed by atoms with Gasteiger partial charge in [0.15, 0.2) is 0 Å². The summed E-state index contributed by atoms with van der Waals surface area (Å²) in [4.78, 5) is 2.47. The molecule has 0 spiro atoms. The van der Waals surface area contributed by atoms with Crippen molar-refractivity contribution in [2.24, 2.45) is 0 Å². The summed E-state index contributed by atoms with van der Waals surface area (Å²) in [6.07, 6.45) is -0.846. The van der Waals surface area contributed by atoms with Crippen molar-refractivity contribution in [2.45, 2.75) is 57.3 Å². The summed E-state index contributed by atoms with van der Waals surface area (Å²) in [5, 5.41) is 0. The molecule has 0 aliphatic carbocycles. The minimum atomic E-state index is -0.315. The third-order valence-corrected chi connectivity index (χ3v) is 8.46. The molecule has 1 aliphatic heterocycles. The maximum Gasteiger partial charge on any atom is 0.113 e. The molecule has 0 unspecified atom stereocenters. The first-order valence-corrected chi connectivity index (χ1v) is 16.2.